The first-order valence-electron chi connectivity index (χ1n) is 19.5. The summed E-state index contributed by atoms with van der Waals surface area (Å²) in [5, 5.41) is 5.10. The molecule has 3 nitrogen and oxygen atoms in total. The first kappa shape index (κ1) is 34.0. The Labute approximate surface area is 331 Å². The van der Waals surface area contributed by atoms with Crippen molar-refractivity contribution in [3.8, 4) is 22.3 Å². The first-order valence-corrected chi connectivity index (χ1v) is 20.4. The molecule has 0 bridgehead atoms. The first-order chi connectivity index (χ1) is 27.7. The van der Waals surface area contributed by atoms with Gasteiger partial charge in [0.15, 0.2) is 0 Å². The van der Waals surface area contributed by atoms with E-state index in [0.29, 0.717) is 18.2 Å². The van der Waals surface area contributed by atoms with Gasteiger partial charge < -0.3 is 5.73 Å². The molecule has 4 heteroatoms. The Hall–Kier alpha value is -6.49. The maximum Gasteiger partial charge on any atom is 0.134 e. The second-order valence-corrected chi connectivity index (χ2v) is 15.8. The number of nitrogens with zero attached hydrogens (tertiary/aromatic N) is 2. The van der Waals surface area contributed by atoms with Crippen LogP contribution in [0.15, 0.2) is 187 Å². The van der Waals surface area contributed by atoms with Crippen LogP contribution in [0.3, 0.4) is 0 Å². The van der Waals surface area contributed by atoms with Gasteiger partial charge in [-0.1, -0.05) is 146 Å². The largest absolute Gasteiger partial charge is 0.398 e. The number of aromatic nitrogens is 1. The standard InChI is InChI=1S/C52H41N3S/c53-45(39-24-14-5-15-25-39)33-49(54-34-35-16-6-1-7-17-35)55-46-28-26-40(36-18-8-2-9-19-36)30-43(46)51-47(55)32-42(38-22-12-4-13-23-38)50-44-31-41(37-20-10-3-11-21-37)27-29-48(44)56-52(50)51/h1-12,14-16,18-22,24-33,35H,13,17,23,34,53H2/b45-33-,54-49?. The van der Waals surface area contributed by atoms with Crippen LogP contribution in [0, 0.1) is 5.92 Å². The molecular formula is C52H41N3S. The molecule has 0 fully saturated rings. The summed E-state index contributed by atoms with van der Waals surface area (Å²) >= 11 is 1.91. The molecule has 2 aliphatic carbocycles. The maximum atomic E-state index is 6.98. The minimum atomic E-state index is 0.321. The number of rotatable bonds is 7. The Bertz CT molecular complexity index is 2950. The molecule has 2 aromatic heterocycles. The van der Waals surface area contributed by atoms with Crippen LogP contribution in [0.5, 0.6) is 0 Å². The Balaban J connectivity index is 1.32. The van der Waals surface area contributed by atoms with E-state index in [0.717, 1.165) is 41.7 Å². The maximum absolute atomic E-state index is 6.98. The monoisotopic (exact) mass is 739 g/mol. The summed E-state index contributed by atoms with van der Waals surface area (Å²) < 4.78 is 4.99. The normalized spacial score (nSPS) is 16.1. The van der Waals surface area contributed by atoms with E-state index >= 15 is 0 Å². The fourth-order valence-corrected chi connectivity index (χ4v) is 9.66. The quantitative estimate of drug-likeness (QED) is 0.128. The summed E-state index contributed by atoms with van der Waals surface area (Å²) in [5.41, 5.74) is 18.4. The van der Waals surface area contributed by atoms with Gasteiger partial charge in [-0.15, -0.1) is 11.3 Å². The van der Waals surface area contributed by atoms with Crippen molar-refractivity contribution >= 4 is 70.4 Å². The van der Waals surface area contributed by atoms with Gasteiger partial charge in [-0.2, -0.15) is 0 Å². The van der Waals surface area contributed by atoms with Gasteiger partial charge in [0.2, 0.25) is 0 Å². The summed E-state index contributed by atoms with van der Waals surface area (Å²) in [5.74, 6) is 1.17. The van der Waals surface area contributed by atoms with Crippen molar-refractivity contribution in [3.63, 3.8) is 0 Å². The van der Waals surface area contributed by atoms with Crippen molar-refractivity contribution in [2.24, 2.45) is 16.6 Å². The fourth-order valence-electron chi connectivity index (χ4n) is 8.40. The molecule has 1 atom stereocenters. The van der Waals surface area contributed by atoms with Crippen LogP contribution < -0.4 is 5.73 Å². The topological polar surface area (TPSA) is 43.3 Å². The molecule has 0 saturated heterocycles. The van der Waals surface area contributed by atoms with Crippen molar-refractivity contribution < 1.29 is 0 Å². The molecule has 10 rings (SSSR count). The molecule has 6 aromatic carbocycles. The molecule has 0 aliphatic heterocycles. The number of hydrogen-bond donors (Lipinski definition) is 1. The van der Waals surface area contributed by atoms with Crippen molar-refractivity contribution in [2.75, 3.05) is 6.54 Å². The van der Waals surface area contributed by atoms with Gasteiger partial charge in [0.25, 0.3) is 0 Å². The minimum absolute atomic E-state index is 0.321. The van der Waals surface area contributed by atoms with E-state index in [1.165, 1.54) is 64.3 Å². The summed E-state index contributed by atoms with van der Waals surface area (Å²) in [7, 11) is 0. The van der Waals surface area contributed by atoms with E-state index in [1.54, 1.807) is 0 Å². The van der Waals surface area contributed by atoms with Crippen LogP contribution in [0.1, 0.15) is 30.4 Å². The van der Waals surface area contributed by atoms with Crippen LogP contribution in [0.25, 0.3) is 75.5 Å². The highest BCUT2D eigenvalue weighted by molar-refractivity contribution is 7.27. The Morgan fingerprint density at radius 1 is 0.696 bits per heavy atom. The molecule has 2 N–H and O–H groups in total. The third-order valence-corrected chi connectivity index (χ3v) is 12.4. The van der Waals surface area contributed by atoms with E-state index in [-0.39, 0.29) is 0 Å². The molecule has 0 saturated carbocycles. The highest BCUT2D eigenvalue weighted by Crippen LogP contribution is 2.48. The zero-order valence-electron chi connectivity index (χ0n) is 31.1. The van der Waals surface area contributed by atoms with Crippen molar-refractivity contribution in [2.45, 2.75) is 19.3 Å². The van der Waals surface area contributed by atoms with Crippen molar-refractivity contribution in [1.29, 1.82) is 0 Å². The van der Waals surface area contributed by atoms with E-state index in [1.807, 2.05) is 29.5 Å². The van der Waals surface area contributed by atoms with Gasteiger partial charge in [-0.3, -0.25) is 9.56 Å². The van der Waals surface area contributed by atoms with Crippen molar-refractivity contribution in [3.05, 3.63) is 193 Å². The lowest BCUT2D eigenvalue weighted by Gasteiger charge is -2.16. The van der Waals surface area contributed by atoms with Gasteiger partial charge >= 0.3 is 0 Å². The third-order valence-electron chi connectivity index (χ3n) is 11.2. The fraction of sp³-hybridized carbons (Fsp3) is 0.0962. The van der Waals surface area contributed by atoms with Crippen molar-refractivity contribution in [1.82, 2.24) is 4.57 Å². The van der Waals surface area contributed by atoms with Gasteiger partial charge in [-0.25, -0.2) is 0 Å². The van der Waals surface area contributed by atoms with E-state index in [2.05, 4.69) is 168 Å². The third kappa shape index (κ3) is 6.22. The number of nitrogens with two attached hydrogens (primary N) is 1. The van der Waals surface area contributed by atoms with Gasteiger partial charge in [0.1, 0.15) is 5.84 Å². The van der Waals surface area contributed by atoms with Gasteiger partial charge in [-0.05, 0) is 88.5 Å². The molecule has 2 heterocycles. The van der Waals surface area contributed by atoms with E-state index < -0.39 is 0 Å². The smallest absolute Gasteiger partial charge is 0.134 e. The predicted octanol–water partition coefficient (Wildman–Crippen LogP) is 13.6. The second kappa shape index (κ2) is 14.6. The summed E-state index contributed by atoms with van der Waals surface area (Å²) in [6.07, 6.45) is 20.7. The van der Waals surface area contributed by atoms with E-state index in [9.17, 15) is 0 Å². The number of thiophene rings is 1. The number of fused-ring (bicyclic) bond motifs is 7. The lowest BCUT2D eigenvalue weighted by Crippen LogP contribution is -2.14. The van der Waals surface area contributed by atoms with Crippen LogP contribution in [0.2, 0.25) is 0 Å². The van der Waals surface area contributed by atoms with Gasteiger partial charge in [0.05, 0.1) is 11.0 Å². The Kier molecular flexibility index (Phi) is 8.89. The number of benzene rings is 6. The average Bonchev–Trinajstić information content (AvgIpc) is 3.81. The average molecular weight is 740 g/mol. The Morgan fingerprint density at radius 3 is 2.11 bits per heavy atom. The molecule has 0 spiro atoms. The lowest BCUT2D eigenvalue weighted by molar-refractivity contribution is 0.669. The van der Waals surface area contributed by atoms with Crippen LogP contribution >= 0.6 is 11.3 Å². The molecular weight excluding hydrogens is 699 g/mol. The van der Waals surface area contributed by atoms with Crippen LogP contribution in [-0.4, -0.2) is 16.9 Å². The molecule has 1 unspecified atom stereocenters. The molecule has 8 aromatic rings. The van der Waals surface area contributed by atoms with Crippen LogP contribution in [0.4, 0.5) is 0 Å². The Morgan fingerprint density at radius 2 is 1.41 bits per heavy atom. The summed E-state index contributed by atoms with van der Waals surface area (Å²) in [6.45, 7) is 0.661. The number of allylic oxidation sites excluding steroid dienone is 8. The highest BCUT2D eigenvalue weighted by atomic mass is 32.1. The van der Waals surface area contributed by atoms with Crippen LogP contribution in [-0.2, 0) is 0 Å². The molecule has 2 aliphatic rings. The molecule has 270 valence electrons. The van der Waals surface area contributed by atoms with E-state index in [4.69, 9.17) is 10.7 Å². The number of hydrogen-bond acceptors (Lipinski definition) is 3. The zero-order valence-corrected chi connectivity index (χ0v) is 31.9. The summed E-state index contributed by atoms with van der Waals surface area (Å²) in [4.78, 5) is 5.46. The second-order valence-electron chi connectivity index (χ2n) is 14.8. The summed E-state index contributed by atoms with van der Waals surface area (Å²) in [6, 6.07) is 48.1. The predicted molar refractivity (Wildman–Crippen MR) is 242 cm³/mol. The molecule has 0 amide bonds. The highest BCUT2D eigenvalue weighted by Gasteiger charge is 2.24. The van der Waals surface area contributed by atoms with Gasteiger partial charge in [0, 0.05) is 55.2 Å². The minimum Gasteiger partial charge on any atom is -0.398 e. The zero-order chi connectivity index (χ0) is 37.4. The number of aliphatic imine (C=N–C) groups is 1. The molecule has 56 heavy (non-hydrogen) atoms. The SMILES string of the molecule is N/C(=C\C(=NCC1C=CC=CC1)n1c2ccc(-c3ccccc3)cc2c2c3sc4ccc(-c5ccccc5)cc4c3c(C3=CC=CCC3)cc21)c1ccccc1. The molecule has 0 radical (unpaired) electrons. The lowest BCUT2D eigenvalue weighted by atomic mass is 9.91.